The summed E-state index contributed by atoms with van der Waals surface area (Å²) in [6, 6.07) is -3.38. The summed E-state index contributed by atoms with van der Waals surface area (Å²) in [7, 11) is 0. The molecule has 0 radical (unpaired) electrons. The number of nitrogens with two attached hydrogens (primary N) is 2. The first-order valence-electron chi connectivity index (χ1n) is 13.2. The van der Waals surface area contributed by atoms with Crippen LogP contribution in [0, 0.1) is 0 Å². The molecular weight excluding hydrogens is 542 g/mol. The third-order valence-electron chi connectivity index (χ3n) is 7.60. The van der Waals surface area contributed by atoms with E-state index in [0.29, 0.717) is 0 Å². The van der Waals surface area contributed by atoms with Gasteiger partial charge in [-0.25, -0.2) is 0 Å². The Hall–Kier alpha value is -1.17. The summed E-state index contributed by atoms with van der Waals surface area (Å²) in [5.74, 6) is -0.798. The molecule has 3 fully saturated rings. The van der Waals surface area contributed by atoms with Crippen LogP contribution in [0.15, 0.2) is 0 Å². The van der Waals surface area contributed by atoms with E-state index in [9.17, 15) is 45.6 Å². The lowest BCUT2D eigenvalue weighted by atomic mass is 9.83. The van der Waals surface area contributed by atoms with Crippen LogP contribution in [0.25, 0.3) is 0 Å². The molecule has 0 spiro atoms. The molecule has 40 heavy (non-hydrogen) atoms. The van der Waals surface area contributed by atoms with E-state index in [0.717, 1.165) is 0 Å². The number of hydrogen-bond acceptors (Lipinski definition) is 15. The van der Waals surface area contributed by atoms with E-state index in [1.807, 2.05) is 0 Å². The van der Waals surface area contributed by atoms with Crippen LogP contribution in [-0.2, 0) is 23.7 Å². The summed E-state index contributed by atoms with van der Waals surface area (Å²) in [6.07, 6.45) is -19.2. The third-order valence-corrected chi connectivity index (χ3v) is 7.60. The van der Waals surface area contributed by atoms with E-state index in [4.69, 9.17) is 30.4 Å². The molecule has 3 aliphatic rings. The van der Waals surface area contributed by atoms with E-state index >= 15 is 0 Å². The lowest BCUT2D eigenvalue weighted by Crippen LogP contribution is -2.70. The van der Waals surface area contributed by atoms with Crippen molar-refractivity contribution in [1.29, 1.82) is 0 Å². The molecule has 0 bridgehead atoms. The second-order valence-corrected chi connectivity index (χ2v) is 10.5. The molecule has 2 aliphatic heterocycles. The van der Waals surface area contributed by atoms with Crippen LogP contribution < -0.4 is 28.3 Å². The van der Waals surface area contributed by atoms with E-state index in [-0.39, 0.29) is 25.9 Å². The fourth-order valence-electron chi connectivity index (χ4n) is 5.15. The molecule has 16 unspecified atom stereocenters. The number of amides is 1. The highest BCUT2D eigenvalue weighted by Gasteiger charge is 2.52. The highest BCUT2D eigenvalue weighted by molar-refractivity contribution is 5.80. The third kappa shape index (κ3) is 7.06. The first-order chi connectivity index (χ1) is 18.9. The van der Waals surface area contributed by atoms with Gasteiger partial charge in [-0.2, -0.15) is 0 Å². The first-order valence-corrected chi connectivity index (χ1v) is 13.2. The second-order valence-electron chi connectivity index (χ2n) is 10.5. The Morgan fingerprint density at radius 1 is 0.875 bits per heavy atom. The van der Waals surface area contributed by atoms with Gasteiger partial charge in [0.25, 0.3) is 0 Å². The number of nitrogens with one attached hydrogen (secondary N) is 1. The Bertz CT molecular complexity index is 815. The smallest absolute Gasteiger partial charge is 0.249 e. The molecule has 0 aromatic heterocycles. The van der Waals surface area contributed by atoms with Crippen LogP contribution >= 0.6 is 0 Å². The monoisotopic (exact) mass is 587 g/mol. The molecule has 2 saturated heterocycles. The van der Waals surface area contributed by atoms with Gasteiger partial charge in [0.1, 0.15) is 73.7 Å². The largest absolute Gasteiger partial charge is 0.394 e. The van der Waals surface area contributed by atoms with Crippen LogP contribution in [-0.4, -0.2) is 164 Å². The molecule has 3 rings (SSSR count). The lowest BCUT2D eigenvalue weighted by Gasteiger charge is -2.48. The minimum atomic E-state index is -1.72. The molecular formula is C22H45N5O13+2. The predicted molar refractivity (Wildman–Crippen MR) is 129 cm³/mol. The number of aliphatic hydroxyl groups excluding tert-OH is 8. The van der Waals surface area contributed by atoms with Gasteiger partial charge in [-0.15, -0.1) is 0 Å². The van der Waals surface area contributed by atoms with Crippen molar-refractivity contribution in [3.8, 4) is 0 Å². The van der Waals surface area contributed by atoms with Crippen LogP contribution in [0.5, 0.6) is 0 Å². The van der Waals surface area contributed by atoms with Crippen molar-refractivity contribution < 1.29 is 76.1 Å². The lowest BCUT2D eigenvalue weighted by molar-refractivity contribution is -0.417. The van der Waals surface area contributed by atoms with Crippen molar-refractivity contribution in [3.63, 3.8) is 0 Å². The Morgan fingerprint density at radius 3 is 2.08 bits per heavy atom. The van der Waals surface area contributed by atoms with Gasteiger partial charge in [-0.05, 0) is 6.42 Å². The maximum Gasteiger partial charge on any atom is 0.249 e. The fourth-order valence-corrected chi connectivity index (χ4v) is 5.15. The zero-order chi connectivity index (χ0) is 29.9. The Kier molecular flexibility index (Phi) is 11.9. The normalized spacial score (nSPS) is 47.0. The average molecular weight is 588 g/mol. The number of ether oxygens (including phenoxy) is 4. The maximum atomic E-state index is 12.6. The molecule has 18 heteroatoms. The molecule has 0 aromatic carbocycles. The summed E-state index contributed by atoms with van der Waals surface area (Å²) >= 11 is 0. The summed E-state index contributed by atoms with van der Waals surface area (Å²) in [5.41, 5.74) is 19.4. The summed E-state index contributed by atoms with van der Waals surface area (Å²) in [4.78, 5) is 12.6. The van der Waals surface area contributed by atoms with E-state index in [1.54, 1.807) is 0 Å². The topological polar surface area (TPSA) is 335 Å². The second kappa shape index (κ2) is 14.3. The zero-order valence-electron chi connectivity index (χ0n) is 22.0. The van der Waals surface area contributed by atoms with Gasteiger partial charge in [0.2, 0.25) is 5.91 Å². The first kappa shape index (κ1) is 33.3. The fraction of sp³-hybridized carbons (Fsp3) is 0.955. The van der Waals surface area contributed by atoms with Gasteiger partial charge in [0, 0.05) is 12.5 Å². The SMILES string of the molecule is NC1CC(NC(=O)C(O)CC[NH3+])C(OC2OC(CO)C(O)C(N)C2O)C(O)C1OC1OC(C[NH3+])C(O)C(O)C1O. The number of rotatable bonds is 10. The summed E-state index contributed by atoms with van der Waals surface area (Å²) in [6.45, 7) is -0.379. The standard InChI is InChI=1S/C22H43N5O13/c23-2-1-8(29)20(36)27-7-3-6(25)18(39-22-16(34)15(33)13(31)9(4-24)37-22)17(35)19(7)40-21-14(32)11(26)12(30)10(5-28)38-21/h6-19,21-22,28-35H,1-5,23-26H2,(H,27,36)/p+2. The maximum absolute atomic E-state index is 12.6. The van der Waals surface area contributed by atoms with Gasteiger partial charge < -0.3 is 88.1 Å². The minimum absolute atomic E-state index is 0.0224. The molecule has 1 saturated carbocycles. The molecule has 2 heterocycles. The van der Waals surface area contributed by atoms with Gasteiger partial charge in [-0.1, -0.05) is 0 Å². The molecule has 1 aliphatic carbocycles. The van der Waals surface area contributed by atoms with Crippen LogP contribution in [0.1, 0.15) is 12.8 Å². The molecule has 0 aromatic rings. The Morgan fingerprint density at radius 2 is 1.48 bits per heavy atom. The number of hydrogen-bond donors (Lipinski definition) is 13. The van der Waals surface area contributed by atoms with Crippen molar-refractivity contribution in [3.05, 3.63) is 0 Å². The van der Waals surface area contributed by atoms with Gasteiger partial charge in [0.15, 0.2) is 12.6 Å². The Balaban J connectivity index is 1.85. The number of carbonyl (C=O) groups is 1. The van der Waals surface area contributed by atoms with E-state index < -0.39 is 110 Å². The van der Waals surface area contributed by atoms with Crippen LogP contribution in [0.3, 0.4) is 0 Å². The van der Waals surface area contributed by atoms with Crippen molar-refractivity contribution in [1.82, 2.24) is 5.32 Å². The van der Waals surface area contributed by atoms with Crippen molar-refractivity contribution >= 4 is 5.91 Å². The summed E-state index contributed by atoms with van der Waals surface area (Å²) in [5, 5.41) is 85.1. The van der Waals surface area contributed by atoms with Gasteiger partial charge in [-0.3, -0.25) is 4.79 Å². The minimum Gasteiger partial charge on any atom is -0.394 e. The summed E-state index contributed by atoms with van der Waals surface area (Å²) < 4.78 is 22.7. The van der Waals surface area contributed by atoms with Gasteiger partial charge >= 0.3 is 0 Å². The number of carbonyl (C=O) groups excluding carboxylic acids is 1. The molecule has 234 valence electrons. The predicted octanol–water partition coefficient (Wildman–Crippen LogP) is -9.86. The molecule has 18 nitrogen and oxygen atoms in total. The van der Waals surface area contributed by atoms with Gasteiger partial charge in [0.05, 0.1) is 25.2 Å². The van der Waals surface area contributed by atoms with Crippen molar-refractivity contribution in [2.24, 2.45) is 11.5 Å². The van der Waals surface area contributed by atoms with Crippen LogP contribution in [0.2, 0.25) is 0 Å². The molecule has 1 amide bonds. The number of aliphatic hydroxyl groups is 8. The highest BCUT2D eigenvalue weighted by atomic mass is 16.7. The highest BCUT2D eigenvalue weighted by Crippen LogP contribution is 2.32. The van der Waals surface area contributed by atoms with E-state index in [1.165, 1.54) is 0 Å². The quantitative estimate of drug-likeness (QED) is 0.113. The Labute approximate surface area is 229 Å². The zero-order valence-corrected chi connectivity index (χ0v) is 22.0. The van der Waals surface area contributed by atoms with Crippen molar-refractivity contribution in [2.75, 3.05) is 19.7 Å². The molecule has 19 N–H and O–H groups in total. The number of quaternary nitrogens is 2. The van der Waals surface area contributed by atoms with E-state index in [2.05, 4.69) is 16.8 Å². The average Bonchev–Trinajstić information content (AvgIpc) is 2.92. The van der Waals surface area contributed by atoms with Crippen molar-refractivity contribution in [2.45, 2.75) is 111 Å². The van der Waals surface area contributed by atoms with Crippen LogP contribution in [0.4, 0.5) is 0 Å². The molecule has 16 atom stereocenters.